The van der Waals surface area contributed by atoms with E-state index in [-0.39, 0.29) is 0 Å². The van der Waals surface area contributed by atoms with Crippen molar-refractivity contribution in [3.63, 3.8) is 0 Å². The molecule has 0 aromatic heterocycles. The molecule has 4 nitrogen and oxygen atoms in total. The molecule has 0 saturated carbocycles. The Bertz CT molecular complexity index is 342. The molecule has 22 heavy (non-hydrogen) atoms. The number of thioether (sulfide) groups is 1. The average molecular weight is 327 g/mol. The van der Waals surface area contributed by atoms with Gasteiger partial charge >= 0.3 is 0 Å². The highest BCUT2D eigenvalue weighted by molar-refractivity contribution is 8.00. The van der Waals surface area contributed by atoms with Crippen LogP contribution in [0.2, 0.25) is 0 Å². The summed E-state index contributed by atoms with van der Waals surface area (Å²) in [4.78, 5) is 7.42. The molecule has 0 radical (unpaired) electrons. The molecular formula is C17H34N4S. The molecule has 2 saturated heterocycles. The van der Waals surface area contributed by atoms with Crippen LogP contribution in [-0.2, 0) is 0 Å². The number of aliphatic imine (C=N–C) groups is 1. The molecular weight excluding hydrogens is 292 g/mol. The second kappa shape index (κ2) is 9.66. The quantitative estimate of drug-likeness (QED) is 0.581. The van der Waals surface area contributed by atoms with Gasteiger partial charge in [-0.15, -0.1) is 0 Å². The molecule has 2 rings (SSSR count). The lowest BCUT2D eigenvalue weighted by Gasteiger charge is -2.35. The maximum Gasteiger partial charge on any atom is 0.191 e. The van der Waals surface area contributed by atoms with Gasteiger partial charge in [-0.3, -0.25) is 9.89 Å². The van der Waals surface area contributed by atoms with Gasteiger partial charge in [-0.1, -0.05) is 6.92 Å². The van der Waals surface area contributed by atoms with Crippen LogP contribution in [0, 0.1) is 5.92 Å². The van der Waals surface area contributed by atoms with Gasteiger partial charge in [0.1, 0.15) is 0 Å². The lowest BCUT2D eigenvalue weighted by Crippen LogP contribution is -2.44. The highest BCUT2D eigenvalue weighted by Gasteiger charge is 2.21. The van der Waals surface area contributed by atoms with E-state index < -0.39 is 0 Å². The minimum Gasteiger partial charge on any atom is -0.357 e. The summed E-state index contributed by atoms with van der Waals surface area (Å²) in [5.74, 6) is 3.15. The first kappa shape index (κ1) is 17.9. The monoisotopic (exact) mass is 326 g/mol. The Balaban J connectivity index is 1.77. The lowest BCUT2D eigenvalue weighted by atomic mass is 9.99. The van der Waals surface area contributed by atoms with E-state index in [9.17, 15) is 0 Å². The number of rotatable bonds is 6. The molecule has 0 spiro atoms. The third-order valence-electron chi connectivity index (χ3n) is 4.69. The smallest absolute Gasteiger partial charge is 0.191 e. The summed E-state index contributed by atoms with van der Waals surface area (Å²) >= 11 is 2.10. The van der Waals surface area contributed by atoms with Gasteiger partial charge < -0.3 is 10.6 Å². The van der Waals surface area contributed by atoms with E-state index in [4.69, 9.17) is 4.99 Å². The van der Waals surface area contributed by atoms with Gasteiger partial charge in [0.25, 0.3) is 0 Å². The minimum atomic E-state index is 0.541. The van der Waals surface area contributed by atoms with E-state index in [0.29, 0.717) is 6.04 Å². The third kappa shape index (κ3) is 5.99. The summed E-state index contributed by atoms with van der Waals surface area (Å²) < 4.78 is 0. The zero-order valence-electron chi connectivity index (χ0n) is 14.6. The Kier molecular flexibility index (Phi) is 7.87. The summed E-state index contributed by atoms with van der Waals surface area (Å²) in [6, 6.07) is 0.541. The first-order chi connectivity index (χ1) is 10.7. The van der Waals surface area contributed by atoms with Crippen molar-refractivity contribution in [2.24, 2.45) is 10.9 Å². The van der Waals surface area contributed by atoms with E-state index in [1.54, 1.807) is 0 Å². The lowest BCUT2D eigenvalue weighted by molar-refractivity contribution is 0.142. The normalized spacial score (nSPS) is 28.6. The van der Waals surface area contributed by atoms with Crippen molar-refractivity contribution in [2.75, 3.05) is 38.5 Å². The molecule has 0 bridgehead atoms. The van der Waals surface area contributed by atoms with E-state index in [1.807, 2.05) is 0 Å². The Hall–Kier alpha value is -0.420. The van der Waals surface area contributed by atoms with Gasteiger partial charge in [0, 0.05) is 30.9 Å². The van der Waals surface area contributed by atoms with E-state index in [1.165, 1.54) is 44.5 Å². The van der Waals surface area contributed by atoms with Crippen LogP contribution < -0.4 is 10.6 Å². The molecule has 128 valence electrons. The molecule has 2 fully saturated rings. The van der Waals surface area contributed by atoms with Crippen molar-refractivity contribution in [3.8, 4) is 0 Å². The van der Waals surface area contributed by atoms with Gasteiger partial charge in [0.15, 0.2) is 5.96 Å². The predicted octanol–water partition coefficient (Wildman–Crippen LogP) is 2.56. The van der Waals surface area contributed by atoms with Crippen LogP contribution in [-0.4, -0.2) is 60.6 Å². The van der Waals surface area contributed by atoms with Crippen molar-refractivity contribution in [1.29, 1.82) is 0 Å². The first-order valence-electron chi connectivity index (χ1n) is 9.07. The van der Waals surface area contributed by atoms with Crippen molar-refractivity contribution in [3.05, 3.63) is 0 Å². The van der Waals surface area contributed by atoms with Crippen LogP contribution in [0.15, 0.2) is 4.99 Å². The van der Waals surface area contributed by atoms with Gasteiger partial charge in [0.05, 0.1) is 6.54 Å². The van der Waals surface area contributed by atoms with Crippen LogP contribution in [0.25, 0.3) is 0 Å². The molecule has 5 heteroatoms. The fourth-order valence-corrected chi connectivity index (χ4v) is 4.52. The Labute approximate surface area is 140 Å². The van der Waals surface area contributed by atoms with Crippen LogP contribution in [0.3, 0.4) is 0 Å². The van der Waals surface area contributed by atoms with Gasteiger partial charge in [-0.2, -0.15) is 11.8 Å². The number of nitrogens with zero attached hydrogens (tertiary/aromatic N) is 2. The Morgan fingerprint density at radius 1 is 1.32 bits per heavy atom. The van der Waals surface area contributed by atoms with Crippen LogP contribution in [0.4, 0.5) is 0 Å². The minimum absolute atomic E-state index is 0.541. The molecule has 3 atom stereocenters. The number of nitrogens with one attached hydrogen (secondary N) is 2. The summed E-state index contributed by atoms with van der Waals surface area (Å²) in [6.45, 7) is 12.2. The SMILES string of the molecule is CCNC(=NCC(C)N1CCCC(C)C1)NCC1CCCS1. The molecule has 3 unspecified atom stereocenters. The number of hydrogen-bond donors (Lipinski definition) is 2. The van der Waals surface area contributed by atoms with Crippen molar-refractivity contribution < 1.29 is 0 Å². The van der Waals surface area contributed by atoms with Crippen molar-refractivity contribution >= 4 is 17.7 Å². The van der Waals surface area contributed by atoms with Gasteiger partial charge in [-0.25, -0.2) is 0 Å². The second-order valence-electron chi connectivity index (χ2n) is 6.83. The molecule has 0 aromatic carbocycles. The molecule has 2 heterocycles. The standard InChI is InChI=1S/C17H34N4S/c1-4-18-17(20-12-16-8-6-10-22-16)19-11-15(3)21-9-5-7-14(2)13-21/h14-16H,4-13H2,1-3H3,(H2,18,19,20). The maximum absolute atomic E-state index is 4.82. The number of hydrogen-bond acceptors (Lipinski definition) is 3. The van der Waals surface area contributed by atoms with Gasteiger partial charge in [-0.05, 0) is 57.7 Å². The molecule has 2 aliphatic rings. The number of guanidine groups is 1. The molecule has 0 aliphatic carbocycles. The Morgan fingerprint density at radius 3 is 2.86 bits per heavy atom. The molecule has 2 N–H and O–H groups in total. The second-order valence-corrected chi connectivity index (χ2v) is 8.24. The summed E-state index contributed by atoms with van der Waals surface area (Å²) in [5.41, 5.74) is 0. The zero-order chi connectivity index (χ0) is 15.8. The highest BCUT2D eigenvalue weighted by atomic mass is 32.2. The third-order valence-corrected chi connectivity index (χ3v) is 6.09. The van der Waals surface area contributed by atoms with Crippen LogP contribution >= 0.6 is 11.8 Å². The topological polar surface area (TPSA) is 39.7 Å². The van der Waals surface area contributed by atoms with E-state index in [0.717, 1.165) is 36.8 Å². The van der Waals surface area contributed by atoms with E-state index >= 15 is 0 Å². The highest BCUT2D eigenvalue weighted by Crippen LogP contribution is 2.25. The summed E-state index contributed by atoms with van der Waals surface area (Å²) in [7, 11) is 0. The zero-order valence-corrected chi connectivity index (χ0v) is 15.4. The molecule has 0 aromatic rings. The molecule has 0 amide bonds. The summed E-state index contributed by atoms with van der Waals surface area (Å²) in [5, 5.41) is 7.68. The predicted molar refractivity (Wildman–Crippen MR) is 98.9 cm³/mol. The fourth-order valence-electron chi connectivity index (χ4n) is 3.32. The summed E-state index contributed by atoms with van der Waals surface area (Å²) in [6.07, 6.45) is 5.44. The van der Waals surface area contributed by atoms with Crippen LogP contribution in [0.1, 0.15) is 46.5 Å². The number of likely N-dealkylation sites (tertiary alicyclic amines) is 1. The Morgan fingerprint density at radius 2 is 2.18 bits per heavy atom. The van der Waals surface area contributed by atoms with Crippen LogP contribution in [0.5, 0.6) is 0 Å². The first-order valence-corrected chi connectivity index (χ1v) is 10.1. The number of piperidine rings is 1. The van der Waals surface area contributed by atoms with Gasteiger partial charge in [0.2, 0.25) is 0 Å². The fraction of sp³-hybridized carbons (Fsp3) is 0.941. The average Bonchev–Trinajstić information content (AvgIpc) is 3.03. The van der Waals surface area contributed by atoms with E-state index in [2.05, 4.69) is 48.1 Å². The molecule has 2 aliphatic heterocycles. The largest absolute Gasteiger partial charge is 0.357 e. The van der Waals surface area contributed by atoms with Crippen molar-refractivity contribution in [2.45, 2.75) is 57.7 Å². The maximum atomic E-state index is 4.82. The van der Waals surface area contributed by atoms with Crippen molar-refractivity contribution in [1.82, 2.24) is 15.5 Å².